The van der Waals surface area contributed by atoms with Crippen LogP contribution in [0.2, 0.25) is 0 Å². The molecule has 3 nitrogen and oxygen atoms in total. The average Bonchev–Trinajstić information content (AvgIpc) is 2.30. The second-order valence-corrected chi connectivity index (χ2v) is 4.24. The van der Waals surface area contributed by atoms with Crippen molar-refractivity contribution in [3.05, 3.63) is 24.0 Å². The van der Waals surface area contributed by atoms with E-state index in [1.807, 2.05) is 12.3 Å². The topological polar surface area (TPSA) is 42.1 Å². The highest BCUT2D eigenvalue weighted by molar-refractivity contribution is 7.80. The Morgan fingerprint density at radius 2 is 2.07 bits per heavy atom. The van der Waals surface area contributed by atoms with Gasteiger partial charge in [-0.1, -0.05) is 12.2 Å². The zero-order valence-corrected chi connectivity index (χ0v) is 9.46. The average molecular weight is 221 g/mol. The number of hydrogen-bond acceptors (Lipinski definition) is 3. The summed E-state index contributed by atoms with van der Waals surface area (Å²) in [6.45, 7) is 2.17. The highest BCUT2D eigenvalue weighted by Gasteiger charge is 2.15. The van der Waals surface area contributed by atoms with Crippen LogP contribution in [-0.4, -0.2) is 23.1 Å². The van der Waals surface area contributed by atoms with Gasteiger partial charge in [0.2, 0.25) is 0 Å². The lowest BCUT2D eigenvalue weighted by molar-refractivity contribution is 0.577. The summed E-state index contributed by atoms with van der Waals surface area (Å²) in [6.07, 6.45) is 7.40. The van der Waals surface area contributed by atoms with E-state index in [0.717, 1.165) is 24.3 Å². The van der Waals surface area contributed by atoms with Crippen molar-refractivity contribution in [2.24, 2.45) is 5.73 Å². The van der Waals surface area contributed by atoms with E-state index in [2.05, 4.69) is 9.88 Å². The van der Waals surface area contributed by atoms with E-state index < -0.39 is 0 Å². The minimum Gasteiger partial charge on any atom is -0.389 e. The summed E-state index contributed by atoms with van der Waals surface area (Å²) in [4.78, 5) is 6.93. The Morgan fingerprint density at radius 1 is 1.33 bits per heavy atom. The molecule has 4 heteroatoms. The lowest BCUT2D eigenvalue weighted by atomic mass is 10.1. The highest BCUT2D eigenvalue weighted by atomic mass is 32.1. The molecule has 15 heavy (non-hydrogen) atoms. The van der Waals surface area contributed by atoms with E-state index in [9.17, 15) is 0 Å². The molecular formula is C11H15N3S. The van der Waals surface area contributed by atoms with Gasteiger partial charge >= 0.3 is 0 Å². The lowest BCUT2D eigenvalue weighted by Crippen LogP contribution is -2.31. The van der Waals surface area contributed by atoms with Gasteiger partial charge in [-0.15, -0.1) is 0 Å². The molecule has 0 radical (unpaired) electrons. The van der Waals surface area contributed by atoms with Gasteiger partial charge in [-0.25, -0.2) is 0 Å². The van der Waals surface area contributed by atoms with Crippen molar-refractivity contribution in [1.82, 2.24) is 4.98 Å². The number of thiocarbonyl (C=S) groups is 1. The molecule has 2 N–H and O–H groups in total. The molecule has 0 aromatic carbocycles. The predicted molar refractivity (Wildman–Crippen MR) is 66.2 cm³/mol. The van der Waals surface area contributed by atoms with Gasteiger partial charge < -0.3 is 10.6 Å². The number of piperidine rings is 1. The van der Waals surface area contributed by atoms with E-state index in [4.69, 9.17) is 18.0 Å². The third-order valence-corrected chi connectivity index (χ3v) is 2.98. The van der Waals surface area contributed by atoms with Gasteiger partial charge in [0.25, 0.3) is 0 Å². The van der Waals surface area contributed by atoms with Crippen LogP contribution in [0.1, 0.15) is 24.8 Å². The van der Waals surface area contributed by atoms with Crippen molar-refractivity contribution in [2.75, 3.05) is 18.0 Å². The number of anilines is 1. The molecule has 1 aliphatic rings. The quantitative estimate of drug-likeness (QED) is 0.772. The summed E-state index contributed by atoms with van der Waals surface area (Å²) in [5, 5.41) is 0. The molecule has 0 amide bonds. The lowest BCUT2D eigenvalue weighted by Gasteiger charge is -2.29. The first kappa shape index (κ1) is 10.4. The van der Waals surface area contributed by atoms with Gasteiger partial charge in [0.05, 0.1) is 11.9 Å². The van der Waals surface area contributed by atoms with Crippen molar-refractivity contribution in [3.63, 3.8) is 0 Å². The molecule has 1 aromatic rings. The van der Waals surface area contributed by atoms with E-state index >= 15 is 0 Å². The Bertz CT molecular complexity index is 359. The first-order valence-corrected chi connectivity index (χ1v) is 5.68. The minimum atomic E-state index is 0.456. The van der Waals surface area contributed by atoms with Crippen molar-refractivity contribution < 1.29 is 0 Å². The van der Waals surface area contributed by atoms with Gasteiger partial charge in [0.1, 0.15) is 4.99 Å². The molecule has 0 aliphatic carbocycles. The molecule has 2 heterocycles. The molecule has 1 aromatic heterocycles. The number of aromatic nitrogens is 1. The Hall–Kier alpha value is -1.16. The van der Waals surface area contributed by atoms with Crippen LogP contribution in [-0.2, 0) is 0 Å². The van der Waals surface area contributed by atoms with Crippen molar-refractivity contribution >= 4 is 22.9 Å². The van der Waals surface area contributed by atoms with Crippen LogP contribution >= 0.6 is 12.2 Å². The number of pyridine rings is 1. The van der Waals surface area contributed by atoms with Crippen LogP contribution in [0.15, 0.2) is 18.5 Å². The first-order chi connectivity index (χ1) is 7.29. The first-order valence-electron chi connectivity index (χ1n) is 5.28. The van der Waals surface area contributed by atoms with Gasteiger partial charge in [-0.3, -0.25) is 4.98 Å². The Kier molecular flexibility index (Phi) is 3.16. The minimum absolute atomic E-state index is 0.456. The van der Waals surface area contributed by atoms with Gasteiger partial charge in [0.15, 0.2) is 0 Å². The number of rotatable bonds is 2. The molecule has 1 aliphatic heterocycles. The second kappa shape index (κ2) is 4.57. The molecule has 0 atom stereocenters. The molecule has 0 saturated carbocycles. The van der Waals surface area contributed by atoms with E-state index in [1.165, 1.54) is 19.3 Å². The summed E-state index contributed by atoms with van der Waals surface area (Å²) in [7, 11) is 0. The molecular weight excluding hydrogens is 206 g/mol. The molecule has 2 rings (SSSR count). The van der Waals surface area contributed by atoms with Crippen LogP contribution in [0.25, 0.3) is 0 Å². The molecule has 0 bridgehead atoms. The zero-order valence-electron chi connectivity index (χ0n) is 8.65. The van der Waals surface area contributed by atoms with E-state index in [1.54, 1.807) is 6.20 Å². The normalized spacial score (nSPS) is 16.4. The van der Waals surface area contributed by atoms with Crippen molar-refractivity contribution in [2.45, 2.75) is 19.3 Å². The van der Waals surface area contributed by atoms with Crippen LogP contribution in [0, 0.1) is 0 Å². The van der Waals surface area contributed by atoms with Gasteiger partial charge in [-0.05, 0) is 25.3 Å². The smallest absolute Gasteiger partial charge is 0.106 e. The zero-order chi connectivity index (χ0) is 10.7. The fourth-order valence-corrected chi connectivity index (χ4v) is 2.15. The number of hydrogen-bond donors (Lipinski definition) is 1. The molecule has 0 unspecified atom stereocenters. The summed E-state index contributed by atoms with van der Waals surface area (Å²) in [5.41, 5.74) is 7.73. The van der Waals surface area contributed by atoms with Gasteiger partial charge in [-0.2, -0.15) is 0 Å². The molecule has 80 valence electrons. The fourth-order valence-electron chi connectivity index (χ4n) is 1.98. The summed E-state index contributed by atoms with van der Waals surface area (Å²) >= 11 is 5.04. The summed E-state index contributed by atoms with van der Waals surface area (Å²) < 4.78 is 0. The largest absolute Gasteiger partial charge is 0.389 e. The van der Waals surface area contributed by atoms with Crippen LogP contribution in [0.3, 0.4) is 0 Å². The van der Waals surface area contributed by atoms with E-state index in [0.29, 0.717) is 4.99 Å². The Morgan fingerprint density at radius 3 is 2.73 bits per heavy atom. The summed E-state index contributed by atoms with van der Waals surface area (Å²) in [5.74, 6) is 0. The van der Waals surface area contributed by atoms with E-state index in [-0.39, 0.29) is 0 Å². The predicted octanol–water partition coefficient (Wildman–Crippen LogP) is 1.71. The molecule has 1 saturated heterocycles. The molecule has 1 fully saturated rings. The van der Waals surface area contributed by atoms with Crippen molar-refractivity contribution in [1.29, 1.82) is 0 Å². The van der Waals surface area contributed by atoms with Crippen LogP contribution < -0.4 is 10.6 Å². The van der Waals surface area contributed by atoms with Crippen molar-refractivity contribution in [3.8, 4) is 0 Å². The standard InChI is InChI=1S/C11H15N3S/c12-11(15)9-4-5-13-8-10(9)14-6-2-1-3-7-14/h4-5,8H,1-3,6-7H2,(H2,12,15). The monoisotopic (exact) mass is 221 g/mol. The fraction of sp³-hybridized carbons (Fsp3) is 0.455. The maximum atomic E-state index is 5.70. The maximum absolute atomic E-state index is 5.70. The molecule has 0 spiro atoms. The second-order valence-electron chi connectivity index (χ2n) is 3.80. The van der Waals surface area contributed by atoms with Gasteiger partial charge in [0, 0.05) is 24.8 Å². The Balaban J connectivity index is 2.29. The number of nitrogens with two attached hydrogens (primary N) is 1. The Labute approximate surface area is 95.3 Å². The third kappa shape index (κ3) is 2.26. The number of nitrogens with zero attached hydrogens (tertiary/aromatic N) is 2. The third-order valence-electron chi connectivity index (χ3n) is 2.76. The summed E-state index contributed by atoms with van der Waals surface area (Å²) in [6, 6.07) is 1.90. The SMILES string of the molecule is NC(=S)c1ccncc1N1CCCCC1. The highest BCUT2D eigenvalue weighted by Crippen LogP contribution is 2.22. The van der Waals surface area contributed by atoms with Crippen LogP contribution in [0.5, 0.6) is 0 Å². The maximum Gasteiger partial charge on any atom is 0.106 e. The van der Waals surface area contributed by atoms with Crippen LogP contribution in [0.4, 0.5) is 5.69 Å².